The van der Waals surface area contributed by atoms with Gasteiger partial charge in [0.1, 0.15) is 12.2 Å². The van der Waals surface area contributed by atoms with Crippen molar-refractivity contribution in [3.05, 3.63) is 34.1 Å². The fraction of sp³-hybridized carbons (Fsp3) is 0.500. The molecule has 0 bridgehead atoms. The molecule has 1 aromatic rings. The van der Waals surface area contributed by atoms with E-state index in [-0.39, 0.29) is 0 Å². The maximum atomic E-state index is 14.0. The van der Waals surface area contributed by atoms with Crippen molar-refractivity contribution in [2.45, 2.75) is 45.3 Å². The van der Waals surface area contributed by atoms with Gasteiger partial charge in [0, 0.05) is 6.08 Å². The van der Waals surface area contributed by atoms with E-state index in [2.05, 4.69) is 10.3 Å². The van der Waals surface area contributed by atoms with Crippen molar-refractivity contribution in [2.75, 3.05) is 5.32 Å². The number of carbonyl (C=O) groups is 1. The van der Waals surface area contributed by atoms with Crippen LogP contribution in [0.1, 0.15) is 27.0 Å². The number of hydrogen-bond acceptors (Lipinski definition) is 6. The third kappa shape index (κ3) is 3.63. The van der Waals surface area contributed by atoms with Gasteiger partial charge in [-0.15, -0.1) is 0 Å². The summed E-state index contributed by atoms with van der Waals surface area (Å²) in [6.45, 7) is 4.88. The van der Waals surface area contributed by atoms with E-state index < -0.39 is 47.8 Å². The molecule has 1 amide bonds. The number of allylic oxidation sites excluding steroid dienone is 1. The van der Waals surface area contributed by atoms with Crippen LogP contribution >= 0.6 is 0 Å². The van der Waals surface area contributed by atoms with Gasteiger partial charge in [-0.2, -0.15) is 4.98 Å². The molecule has 9 heteroatoms. The van der Waals surface area contributed by atoms with Crippen LogP contribution < -0.4 is 11.0 Å². The molecule has 2 rings (SSSR count). The summed E-state index contributed by atoms with van der Waals surface area (Å²) < 4.78 is 20.0. The SMILES string of the molecule is CC(C)=CC(=O)Nc1nc(=O)n([C@@H]2O[C@H](C)[C@@H](O)[C@H]2O)cc1F. The van der Waals surface area contributed by atoms with E-state index in [0.717, 1.165) is 10.8 Å². The molecule has 126 valence electrons. The molecule has 0 unspecified atom stereocenters. The Morgan fingerprint density at radius 1 is 1.43 bits per heavy atom. The summed E-state index contributed by atoms with van der Waals surface area (Å²) in [5, 5.41) is 21.7. The maximum Gasteiger partial charge on any atom is 0.351 e. The Bertz CT molecular complexity index is 698. The van der Waals surface area contributed by atoms with Gasteiger partial charge in [0.05, 0.1) is 12.3 Å². The quantitative estimate of drug-likeness (QED) is 0.670. The Balaban J connectivity index is 2.30. The van der Waals surface area contributed by atoms with Crippen molar-refractivity contribution >= 4 is 11.7 Å². The van der Waals surface area contributed by atoms with E-state index in [0.29, 0.717) is 5.57 Å². The highest BCUT2D eigenvalue weighted by Crippen LogP contribution is 2.28. The van der Waals surface area contributed by atoms with Gasteiger partial charge in [-0.3, -0.25) is 9.36 Å². The van der Waals surface area contributed by atoms with E-state index in [1.54, 1.807) is 13.8 Å². The molecule has 0 aromatic carbocycles. The summed E-state index contributed by atoms with van der Waals surface area (Å²) in [5.41, 5.74) is -0.231. The van der Waals surface area contributed by atoms with Crippen LogP contribution in [0.2, 0.25) is 0 Å². The van der Waals surface area contributed by atoms with E-state index in [9.17, 15) is 24.2 Å². The third-order valence-corrected chi connectivity index (χ3v) is 3.32. The van der Waals surface area contributed by atoms with Crippen LogP contribution in [0, 0.1) is 5.82 Å². The Hall–Kier alpha value is -2.10. The first-order chi connectivity index (χ1) is 10.7. The van der Waals surface area contributed by atoms with Crippen molar-refractivity contribution in [2.24, 2.45) is 0 Å². The molecule has 0 aliphatic carbocycles. The van der Waals surface area contributed by atoms with Crippen LogP contribution in [0.3, 0.4) is 0 Å². The smallest absolute Gasteiger partial charge is 0.351 e. The lowest BCUT2D eigenvalue weighted by atomic mass is 10.1. The second-order valence-electron chi connectivity index (χ2n) is 5.55. The Morgan fingerprint density at radius 3 is 2.61 bits per heavy atom. The number of hydrogen-bond donors (Lipinski definition) is 3. The predicted molar refractivity (Wildman–Crippen MR) is 78.1 cm³/mol. The lowest BCUT2D eigenvalue weighted by Gasteiger charge is -2.17. The monoisotopic (exact) mass is 327 g/mol. The zero-order valence-electron chi connectivity index (χ0n) is 12.9. The van der Waals surface area contributed by atoms with Gasteiger partial charge in [-0.25, -0.2) is 9.18 Å². The van der Waals surface area contributed by atoms with Crippen molar-refractivity contribution in [1.29, 1.82) is 0 Å². The van der Waals surface area contributed by atoms with E-state index >= 15 is 0 Å². The van der Waals surface area contributed by atoms with Crippen molar-refractivity contribution < 1.29 is 24.1 Å². The summed E-state index contributed by atoms with van der Waals surface area (Å²) in [6.07, 6.45) is -2.57. The minimum absolute atomic E-state index is 0.519. The van der Waals surface area contributed by atoms with E-state index in [1.165, 1.54) is 13.0 Å². The van der Waals surface area contributed by atoms with Crippen LogP contribution in [-0.2, 0) is 9.53 Å². The van der Waals surface area contributed by atoms with Gasteiger partial charge < -0.3 is 20.3 Å². The van der Waals surface area contributed by atoms with Crippen LogP contribution in [-0.4, -0.2) is 44.0 Å². The number of nitrogens with zero attached hydrogens (tertiary/aromatic N) is 2. The largest absolute Gasteiger partial charge is 0.388 e. The highest BCUT2D eigenvalue weighted by atomic mass is 19.1. The Kier molecular flexibility index (Phi) is 4.93. The van der Waals surface area contributed by atoms with Crippen LogP contribution in [0.15, 0.2) is 22.6 Å². The van der Waals surface area contributed by atoms with Crippen LogP contribution in [0.5, 0.6) is 0 Å². The zero-order valence-corrected chi connectivity index (χ0v) is 12.9. The van der Waals surface area contributed by atoms with E-state index in [1.807, 2.05) is 0 Å². The normalized spacial score (nSPS) is 26.9. The molecule has 4 atom stereocenters. The third-order valence-electron chi connectivity index (χ3n) is 3.32. The first kappa shape index (κ1) is 17.3. The average Bonchev–Trinajstić information content (AvgIpc) is 2.69. The number of amides is 1. The lowest BCUT2D eigenvalue weighted by molar-refractivity contribution is -0.112. The van der Waals surface area contributed by atoms with Gasteiger partial charge in [0.25, 0.3) is 0 Å². The fourth-order valence-corrected chi connectivity index (χ4v) is 2.19. The Morgan fingerprint density at radius 2 is 2.09 bits per heavy atom. The standard InChI is InChI=1S/C14H18FN3O5/c1-6(2)4-9(19)16-12-8(15)5-18(14(22)17-12)13-11(21)10(20)7(3)23-13/h4-5,7,10-11,13,20-21H,1-3H3,(H,16,17,19,22)/t7-,10-,11-,13-/m1/s1. The number of aliphatic hydroxyl groups excluding tert-OH is 2. The molecular formula is C14H18FN3O5. The van der Waals surface area contributed by atoms with Crippen molar-refractivity contribution in [3.8, 4) is 0 Å². The lowest BCUT2D eigenvalue weighted by Crippen LogP contribution is -2.36. The number of ether oxygens (including phenoxy) is 1. The van der Waals surface area contributed by atoms with Crippen LogP contribution in [0.25, 0.3) is 0 Å². The Labute approximate surface area is 131 Å². The molecule has 1 aliphatic rings. The molecule has 1 fully saturated rings. The van der Waals surface area contributed by atoms with Gasteiger partial charge in [-0.05, 0) is 20.8 Å². The number of anilines is 1. The van der Waals surface area contributed by atoms with Gasteiger partial charge in [0.15, 0.2) is 17.9 Å². The topological polar surface area (TPSA) is 114 Å². The molecule has 0 saturated carbocycles. The zero-order chi connectivity index (χ0) is 17.3. The molecule has 1 saturated heterocycles. The van der Waals surface area contributed by atoms with Crippen molar-refractivity contribution in [1.82, 2.24) is 9.55 Å². The maximum absolute atomic E-state index is 14.0. The number of aliphatic hydroxyl groups is 2. The second kappa shape index (κ2) is 6.57. The minimum Gasteiger partial charge on any atom is -0.388 e. The molecule has 2 heterocycles. The predicted octanol–water partition coefficient (Wildman–Crippen LogP) is -0.0738. The molecule has 3 N–H and O–H groups in total. The number of rotatable bonds is 3. The summed E-state index contributed by atoms with van der Waals surface area (Å²) in [7, 11) is 0. The summed E-state index contributed by atoms with van der Waals surface area (Å²) >= 11 is 0. The van der Waals surface area contributed by atoms with Crippen LogP contribution in [0.4, 0.5) is 10.2 Å². The summed E-state index contributed by atoms with van der Waals surface area (Å²) in [6, 6.07) is 0. The van der Waals surface area contributed by atoms with Gasteiger partial charge >= 0.3 is 5.69 Å². The highest BCUT2D eigenvalue weighted by Gasteiger charge is 2.42. The first-order valence-electron chi connectivity index (χ1n) is 6.97. The number of carbonyl (C=O) groups excluding carboxylic acids is 1. The van der Waals surface area contributed by atoms with Gasteiger partial charge in [-0.1, -0.05) is 5.57 Å². The molecule has 8 nitrogen and oxygen atoms in total. The molecule has 0 radical (unpaired) electrons. The molecule has 1 aliphatic heterocycles. The summed E-state index contributed by atoms with van der Waals surface area (Å²) in [4.78, 5) is 27.0. The highest BCUT2D eigenvalue weighted by molar-refractivity contribution is 5.99. The molecular weight excluding hydrogens is 309 g/mol. The van der Waals surface area contributed by atoms with Crippen molar-refractivity contribution in [3.63, 3.8) is 0 Å². The second-order valence-corrected chi connectivity index (χ2v) is 5.55. The number of aromatic nitrogens is 2. The minimum atomic E-state index is -1.39. The first-order valence-corrected chi connectivity index (χ1v) is 6.97. The average molecular weight is 327 g/mol. The molecule has 1 aromatic heterocycles. The van der Waals surface area contributed by atoms with E-state index in [4.69, 9.17) is 4.74 Å². The number of nitrogens with one attached hydrogen (secondary N) is 1. The molecule has 23 heavy (non-hydrogen) atoms. The fourth-order valence-electron chi connectivity index (χ4n) is 2.19. The molecule has 0 spiro atoms. The van der Waals surface area contributed by atoms with Gasteiger partial charge in [0.2, 0.25) is 5.91 Å². The summed E-state index contributed by atoms with van der Waals surface area (Å²) in [5.74, 6) is -2.10. The number of halogens is 1.